The van der Waals surface area contributed by atoms with Gasteiger partial charge in [-0.3, -0.25) is 4.79 Å². The van der Waals surface area contributed by atoms with Crippen molar-refractivity contribution < 1.29 is 4.79 Å². The summed E-state index contributed by atoms with van der Waals surface area (Å²) < 4.78 is 1.43. The van der Waals surface area contributed by atoms with Crippen LogP contribution in [0.2, 0.25) is 5.02 Å². The zero-order valence-electron chi connectivity index (χ0n) is 14.2. The molecule has 0 spiro atoms. The molecule has 4 aromatic rings. The number of halogens is 1. The van der Waals surface area contributed by atoms with Gasteiger partial charge in [-0.15, -0.1) is 5.10 Å². The Morgan fingerprint density at radius 2 is 1.78 bits per heavy atom. The molecule has 0 saturated carbocycles. The molecule has 3 aromatic carbocycles. The molecule has 0 saturated heterocycles. The standard InChI is InChI=1S/C21H14ClN3OS/c22-15-10-8-14(9-11-15)20-23-21-25(24-20)19(26)12-18(27-21)17-7-3-5-13-4-1-2-6-16(13)17/h1-11,18H,12H2/t18-/m0/s1. The van der Waals surface area contributed by atoms with Gasteiger partial charge >= 0.3 is 0 Å². The first kappa shape index (κ1) is 16.5. The molecule has 0 radical (unpaired) electrons. The van der Waals surface area contributed by atoms with E-state index in [0.29, 0.717) is 22.4 Å². The van der Waals surface area contributed by atoms with Gasteiger partial charge in [-0.05, 0) is 40.6 Å². The molecule has 1 atom stereocenters. The Kier molecular flexibility index (Phi) is 3.99. The van der Waals surface area contributed by atoms with Gasteiger partial charge in [0.2, 0.25) is 0 Å². The molecule has 132 valence electrons. The van der Waals surface area contributed by atoms with Crippen molar-refractivity contribution in [2.24, 2.45) is 0 Å². The summed E-state index contributed by atoms with van der Waals surface area (Å²) in [6.45, 7) is 0. The quantitative estimate of drug-likeness (QED) is 0.444. The molecule has 0 N–H and O–H groups in total. The Hall–Kier alpha value is -2.63. The van der Waals surface area contributed by atoms with Crippen molar-refractivity contribution in [3.8, 4) is 11.4 Å². The van der Waals surface area contributed by atoms with Crippen LogP contribution in [0.1, 0.15) is 22.0 Å². The zero-order chi connectivity index (χ0) is 18.4. The molecule has 4 nitrogen and oxygen atoms in total. The number of hydrogen-bond donors (Lipinski definition) is 0. The maximum atomic E-state index is 12.7. The number of fused-ring (bicyclic) bond motifs is 2. The minimum Gasteiger partial charge on any atom is -0.272 e. The molecule has 5 rings (SSSR count). The minimum absolute atomic E-state index is 0.0263. The Labute approximate surface area is 165 Å². The van der Waals surface area contributed by atoms with Crippen molar-refractivity contribution in [1.82, 2.24) is 14.8 Å². The smallest absolute Gasteiger partial charge is 0.250 e. The van der Waals surface area contributed by atoms with E-state index in [0.717, 1.165) is 11.1 Å². The van der Waals surface area contributed by atoms with E-state index in [4.69, 9.17) is 11.6 Å². The van der Waals surface area contributed by atoms with Crippen molar-refractivity contribution >= 4 is 40.0 Å². The number of nitrogens with zero attached hydrogens (tertiary/aromatic N) is 3. The highest BCUT2D eigenvalue weighted by Gasteiger charge is 2.30. The van der Waals surface area contributed by atoms with E-state index >= 15 is 0 Å². The van der Waals surface area contributed by atoms with Crippen molar-refractivity contribution in [3.05, 3.63) is 77.3 Å². The first-order chi connectivity index (χ1) is 13.2. The molecule has 2 heterocycles. The van der Waals surface area contributed by atoms with Gasteiger partial charge in [0.05, 0.1) is 0 Å². The number of hydrogen-bond acceptors (Lipinski definition) is 4. The largest absolute Gasteiger partial charge is 0.272 e. The second-order valence-electron chi connectivity index (χ2n) is 6.41. The average Bonchev–Trinajstić information content (AvgIpc) is 3.13. The van der Waals surface area contributed by atoms with Crippen molar-refractivity contribution in [3.63, 3.8) is 0 Å². The lowest BCUT2D eigenvalue weighted by Crippen LogP contribution is -2.21. The topological polar surface area (TPSA) is 47.8 Å². The number of benzene rings is 3. The first-order valence-electron chi connectivity index (χ1n) is 8.59. The summed E-state index contributed by atoms with van der Waals surface area (Å²) in [6.07, 6.45) is 0.398. The van der Waals surface area contributed by atoms with E-state index in [1.165, 1.54) is 15.5 Å². The Bertz CT molecular complexity index is 1160. The van der Waals surface area contributed by atoms with E-state index in [1.807, 2.05) is 30.3 Å². The Balaban J connectivity index is 1.54. The highest BCUT2D eigenvalue weighted by molar-refractivity contribution is 7.99. The lowest BCUT2D eigenvalue weighted by molar-refractivity contribution is 0.0868. The van der Waals surface area contributed by atoms with Crippen LogP contribution < -0.4 is 0 Å². The van der Waals surface area contributed by atoms with Gasteiger partial charge in [0.25, 0.3) is 5.91 Å². The zero-order valence-corrected chi connectivity index (χ0v) is 15.7. The fraction of sp³-hybridized carbons (Fsp3) is 0.0952. The molecule has 0 unspecified atom stereocenters. The SMILES string of the molecule is O=C1C[C@@H](c2cccc3ccccc23)Sc2nc(-c3ccc(Cl)cc3)nn21. The van der Waals surface area contributed by atoms with Crippen LogP contribution in [0.5, 0.6) is 0 Å². The van der Waals surface area contributed by atoms with Gasteiger partial charge in [0.1, 0.15) is 0 Å². The predicted octanol–water partition coefficient (Wildman–Crippen LogP) is 5.63. The van der Waals surface area contributed by atoms with Gasteiger partial charge in [0.15, 0.2) is 11.0 Å². The van der Waals surface area contributed by atoms with Crippen molar-refractivity contribution in [1.29, 1.82) is 0 Å². The summed E-state index contributed by atoms with van der Waals surface area (Å²) in [5, 5.41) is 8.09. The Morgan fingerprint density at radius 1 is 1.00 bits per heavy atom. The number of carbonyl (C=O) groups excluding carboxylic acids is 1. The third-order valence-corrected chi connectivity index (χ3v) is 6.13. The molecule has 1 aromatic heterocycles. The predicted molar refractivity (Wildman–Crippen MR) is 108 cm³/mol. The monoisotopic (exact) mass is 391 g/mol. The van der Waals surface area contributed by atoms with Crippen molar-refractivity contribution in [2.75, 3.05) is 0 Å². The maximum Gasteiger partial charge on any atom is 0.250 e. The minimum atomic E-state index is -0.0330. The third kappa shape index (κ3) is 2.93. The fourth-order valence-electron chi connectivity index (χ4n) is 3.38. The van der Waals surface area contributed by atoms with E-state index < -0.39 is 0 Å². The molecule has 27 heavy (non-hydrogen) atoms. The lowest BCUT2D eigenvalue weighted by atomic mass is 10.0. The van der Waals surface area contributed by atoms with Crippen LogP contribution in [0.25, 0.3) is 22.2 Å². The number of thioether (sulfide) groups is 1. The molecule has 0 bridgehead atoms. The van der Waals surface area contributed by atoms with Gasteiger partial charge in [-0.2, -0.15) is 4.68 Å². The fourth-order valence-corrected chi connectivity index (χ4v) is 4.70. The van der Waals surface area contributed by atoms with Crippen LogP contribution in [0.15, 0.2) is 71.9 Å². The van der Waals surface area contributed by atoms with Gasteiger partial charge < -0.3 is 0 Å². The number of aromatic nitrogens is 3. The second-order valence-corrected chi connectivity index (χ2v) is 8.02. The van der Waals surface area contributed by atoms with Gasteiger partial charge in [-0.25, -0.2) is 4.98 Å². The van der Waals surface area contributed by atoms with E-state index in [9.17, 15) is 4.79 Å². The van der Waals surface area contributed by atoms with Gasteiger partial charge in [-0.1, -0.05) is 65.8 Å². The third-order valence-electron chi connectivity index (χ3n) is 4.69. The molecule has 0 aliphatic carbocycles. The summed E-state index contributed by atoms with van der Waals surface area (Å²) in [5.41, 5.74) is 2.00. The van der Waals surface area contributed by atoms with Crippen LogP contribution in [0.3, 0.4) is 0 Å². The summed E-state index contributed by atoms with van der Waals surface area (Å²) in [4.78, 5) is 17.3. The molecular weight excluding hydrogens is 378 g/mol. The molecule has 1 aliphatic rings. The normalized spacial score (nSPS) is 16.5. The molecule has 1 aliphatic heterocycles. The maximum absolute atomic E-state index is 12.7. The summed E-state index contributed by atoms with van der Waals surface area (Å²) in [6, 6.07) is 21.8. The van der Waals surface area contributed by atoms with Crippen LogP contribution in [0, 0.1) is 0 Å². The van der Waals surface area contributed by atoms with E-state index in [2.05, 4.69) is 34.3 Å². The molecule has 0 fully saturated rings. The lowest BCUT2D eigenvalue weighted by Gasteiger charge is -2.21. The number of carbonyl (C=O) groups is 1. The molecular formula is C21H14ClN3OS. The molecule has 0 amide bonds. The summed E-state index contributed by atoms with van der Waals surface area (Å²) in [5.74, 6) is 0.510. The highest BCUT2D eigenvalue weighted by Crippen LogP contribution is 2.43. The van der Waals surface area contributed by atoms with Crippen LogP contribution in [-0.4, -0.2) is 20.7 Å². The van der Waals surface area contributed by atoms with Crippen LogP contribution >= 0.6 is 23.4 Å². The van der Waals surface area contributed by atoms with Crippen LogP contribution in [-0.2, 0) is 0 Å². The van der Waals surface area contributed by atoms with Crippen LogP contribution in [0.4, 0.5) is 0 Å². The van der Waals surface area contributed by atoms with E-state index in [1.54, 1.807) is 23.9 Å². The summed E-state index contributed by atoms with van der Waals surface area (Å²) in [7, 11) is 0. The first-order valence-corrected chi connectivity index (χ1v) is 9.85. The van der Waals surface area contributed by atoms with Gasteiger partial charge in [0, 0.05) is 22.3 Å². The summed E-state index contributed by atoms with van der Waals surface area (Å²) >= 11 is 7.54. The average molecular weight is 392 g/mol. The van der Waals surface area contributed by atoms with E-state index in [-0.39, 0.29) is 11.2 Å². The molecule has 6 heteroatoms. The Morgan fingerprint density at radius 3 is 2.63 bits per heavy atom. The number of rotatable bonds is 2. The highest BCUT2D eigenvalue weighted by atomic mass is 35.5. The second kappa shape index (κ2) is 6.51. The van der Waals surface area contributed by atoms with Crippen molar-refractivity contribution in [2.45, 2.75) is 16.8 Å².